The quantitative estimate of drug-likeness (QED) is 0.656. The first-order chi connectivity index (χ1) is 6.85. The predicted octanol–water partition coefficient (Wildman–Crippen LogP) is 0.733. The molecule has 5 nitrogen and oxygen atoms in total. The van der Waals surface area contributed by atoms with Crippen LogP contribution in [0.2, 0.25) is 0 Å². The Bertz CT molecular complexity index is 398. The number of nitriles is 1. The van der Waals surface area contributed by atoms with Gasteiger partial charge in [-0.1, -0.05) is 0 Å². The average molecular weight is 192 g/mol. The van der Waals surface area contributed by atoms with Gasteiger partial charge in [0, 0.05) is 6.07 Å². The molecule has 0 saturated heterocycles. The molecule has 0 atom stereocenters. The number of methoxy groups -OCH3 is 1. The summed E-state index contributed by atoms with van der Waals surface area (Å²) in [5.41, 5.74) is 0.381. The second-order valence-electron chi connectivity index (χ2n) is 2.66. The maximum absolute atomic E-state index is 8.84. The fourth-order valence-corrected chi connectivity index (χ4v) is 1.19. The maximum atomic E-state index is 8.84. The Hall–Kier alpha value is -1.96. The SMILES string of the molecule is COc1cc(C#N)c2c(n1)OCCO2. The molecule has 5 heteroatoms. The highest BCUT2D eigenvalue weighted by Crippen LogP contribution is 2.33. The summed E-state index contributed by atoms with van der Waals surface area (Å²) in [7, 11) is 1.49. The number of hydrogen-bond acceptors (Lipinski definition) is 5. The zero-order valence-corrected chi connectivity index (χ0v) is 7.61. The van der Waals surface area contributed by atoms with Crippen LogP contribution in [0.4, 0.5) is 0 Å². The summed E-state index contributed by atoms with van der Waals surface area (Å²) in [5.74, 6) is 1.08. The summed E-state index contributed by atoms with van der Waals surface area (Å²) >= 11 is 0. The molecule has 0 aliphatic carbocycles. The van der Waals surface area contributed by atoms with Gasteiger partial charge in [-0.3, -0.25) is 0 Å². The lowest BCUT2D eigenvalue weighted by atomic mass is 10.2. The van der Waals surface area contributed by atoms with Crippen molar-refractivity contribution in [3.63, 3.8) is 0 Å². The number of rotatable bonds is 1. The van der Waals surface area contributed by atoms with Gasteiger partial charge in [0.15, 0.2) is 5.75 Å². The third-order valence-corrected chi connectivity index (χ3v) is 1.82. The molecule has 0 radical (unpaired) electrons. The summed E-state index contributed by atoms with van der Waals surface area (Å²) < 4.78 is 15.4. The Labute approximate surface area is 80.8 Å². The van der Waals surface area contributed by atoms with Gasteiger partial charge in [0.2, 0.25) is 5.88 Å². The molecule has 2 heterocycles. The molecule has 0 amide bonds. The Morgan fingerprint density at radius 1 is 1.50 bits per heavy atom. The largest absolute Gasteiger partial charge is 0.483 e. The van der Waals surface area contributed by atoms with Crippen LogP contribution in [0.15, 0.2) is 6.07 Å². The minimum absolute atomic E-state index is 0.326. The van der Waals surface area contributed by atoms with E-state index in [4.69, 9.17) is 19.5 Å². The molecule has 1 aromatic rings. The van der Waals surface area contributed by atoms with Crippen LogP contribution < -0.4 is 14.2 Å². The highest BCUT2D eigenvalue weighted by atomic mass is 16.6. The molecular weight excluding hydrogens is 184 g/mol. The van der Waals surface area contributed by atoms with Crippen molar-refractivity contribution in [3.05, 3.63) is 11.6 Å². The molecule has 72 valence electrons. The number of aromatic nitrogens is 1. The summed E-state index contributed by atoms with van der Waals surface area (Å²) in [4.78, 5) is 4.02. The van der Waals surface area contributed by atoms with Crippen molar-refractivity contribution in [1.29, 1.82) is 5.26 Å². The zero-order chi connectivity index (χ0) is 9.97. The number of pyridine rings is 1. The van der Waals surface area contributed by atoms with E-state index in [1.54, 1.807) is 0 Å². The van der Waals surface area contributed by atoms with E-state index in [1.807, 2.05) is 6.07 Å². The molecular formula is C9H8N2O3. The molecule has 0 fully saturated rings. The molecule has 0 saturated carbocycles. The molecule has 0 aromatic carbocycles. The Morgan fingerprint density at radius 3 is 3.00 bits per heavy atom. The first-order valence-electron chi connectivity index (χ1n) is 4.10. The van der Waals surface area contributed by atoms with Crippen LogP contribution in [0.3, 0.4) is 0 Å². The van der Waals surface area contributed by atoms with Crippen LogP contribution in [0, 0.1) is 11.3 Å². The second kappa shape index (κ2) is 3.42. The van der Waals surface area contributed by atoms with Gasteiger partial charge in [-0.05, 0) is 0 Å². The summed E-state index contributed by atoms with van der Waals surface area (Å²) in [6, 6.07) is 3.53. The average Bonchev–Trinajstić information content (AvgIpc) is 2.27. The van der Waals surface area contributed by atoms with E-state index in [0.717, 1.165) is 0 Å². The Balaban J connectivity index is 2.54. The standard InChI is InChI=1S/C9H8N2O3/c1-12-7-4-6(5-10)8-9(11-7)14-3-2-13-8/h4H,2-3H2,1H3. The van der Waals surface area contributed by atoms with Gasteiger partial charge >= 0.3 is 0 Å². The first kappa shape index (κ1) is 8.63. The van der Waals surface area contributed by atoms with E-state index in [9.17, 15) is 0 Å². The summed E-state index contributed by atoms with van der Waals surface area (Å²) in [6.07, 6.45) is 0. The number of ether oxygens (including phenoxy) is 3. The van der Waals surface area contributed by atoms with E-state index in [-0.39, 0.29) is 0 Å². The number of hydrogen-bond donors (Lipinski definition) is 0. The van der Waals surface area contributed by atoms with Crippen molar-refractivity contribution in [2.75, 3.05) is 20.3 Å². The molecule has 1 aliphatic heterocycles. The van der Waals surface area contributed by atoms with Gasteiger partial charge in [-0.15, -0.1) is 0 Å². The molecule has 2 rings (SSSR count). The fourth-order valence-electron chi connectivity index (χ4n) is 1.19. The maximum Gasteiger partial charge on any atom is 0.261 e. The molecule has 0 N–H and O–H groups in total. The second-order valence-corrected chi connectivity index (χ2v) is 2.66. The normalized spacial score (nSPS) is 13.1. The summed E-state index contributed by atoms with van der Waals surface area (Å²) in [5, 5.41) is 8.84. The van der Waals surface area contributed by atoms with Crippen LogP contribution in [0.5, 0.6) is 17.5 Å². The van der Waals surface area contributed by atoms with E-state index < -0.39 is 0 Å². The molecule has 0 bridgehead atoms. The molecule has 0 spiro atoms. The van der Waals surface area contributed by atoms with Crippen molar-refractivity contribution in [2.45, 2.75) is 0 Å². The van der Waals surface area contributed by atoms with Gasteiger partial charge in [-0.2, -0.15) is 10.2 Å². The minimum atomic E-state index is 0.326. The topological polar surface area (TPSA) is 64.4 Å². The van der Waals surface area contributed by atoms with Gasteiger partial charge in [0.05, 0.1) is 7.11 Å². The zero-order valence-electron chi connectivity index (χ0n) is 7.61. The third-order valence-electron chi connectivity index (χ3n) is 1.82. The highest BCUT2D eigenvalue weighted by molar-refractivity contribution is 5.52. The van der Waals surface area contributed by atoms with E-state index in [2.05, 4.69) is 4.98 Å². The van der Waals surface area contributed by atoms with Crippen molar-refractivity contribution in [3.8, 4) is 23.6 Å². The van der Waals surface area contributed by atoms with Crippen LogP contribution in [-0.4, -0.2) is 25.3 Å². The van der Waals surface area contributed by atoms with Gasteiger partial charge in [0.25, 0.3) is 5.88 Å². The van der Waals surface area contributed by atoms with E-state index >= 15 is 0 Å². The first-order valence-corrected chi connectivity index (χ1v) is 4.10. The lowest BCUT2D eigenvalue weighted by molar-refractivity contribution is 0.162. The molecule has 1 aromatic heterocycles. The fraction of sp³-hybridized carbons (Fsp3) is 0.333. The predicted molar refractivity (Wildman–Crippen MR) is 46.5 cm³/mol. The monoisotopic (exact) mass is 192 g/mol. The van der Waals surface area contributed by atoms with Crippen LogP contribution in [0.1, 0.15) is 5.56 Å². The van der Waals surface area contributed by atoms with Crippen molar-refractivity contribution in [2.24, 2.45) is 0 Å². The lowest BCUT2D eigenvalue weighted by Gasteiger charge is -2.18. The van der Waals surface area contributed by atoms with E-state index in [0.29, 0.717) is 36.3 Å². The van der Waals surface area contributed by atoms with Gasteiger partial charge in [-0.25, -0.2) is 0 Å². The number of fused-ring (bicyclic) bond motifs is 1. The summed E-state index contributed by atoms with van der Waals surface area (Å²) in [6.45, 7) is 0.883. The van der Waals surface area contributed by atoms with Crippen molar-refractivity contribution < 1.29 is 14.2 Å². The Kier molecular flexibility index (Phi) is 2.11. The molecule has 0 unspecified atom stereocenters. The molecule has 1 aliphatic rings. The van der Waals surface area contributed by atoms with Crippen molar-refractivity contribution in [1.82, 2.24) is 4.98 Å². The smallest absolute Gasteiger partial charge is 0.261 e. The third kappa shape index (κ3) is 1.31. The lowest BCUT2D eigenvalue weighted by Crippen LogP contribution is -2.17. The van der Waals surface area contributed by atoms with Gasteiger partial charge < -0.3 is 14.2 Å². The number of nitrogens with zero attached hydrogens (tertiary/aromatic N) is 2. The molecule has 14 heavy (non-hydrogen) atoms. The highest BCUT2D eigenvalue weighted by Gasteiger charge is 2.19. The van der Waals surface area contributed by atoms with Crippen LogP contribution in [0.25, 0.3) is 0 Å². The van der Waals surface area contributed by atoms with Crippen molar-refractivity contribution >= 4 is 0 Å². The van der Waals surface area contributed by atoms with Crippen LogP contribution in [-0.2, 0) is 0 Å². The van der Waals surface area contributed by atoms with Crippen LogP contribution >= 0.6 is 0 Å². The van der Waals surface area contributed by atoms with E-state index in [1.165, 1.54) is 13.2 Å². The Morgan fingerprint density at radius 2 is 2.29 bits per heavy atom. The van der Waals surface area contributed by atoms with Gasteiger partial charge in [0.1, 0.15) is 24.8 Å². The minimum Gasteiger partial charge on any atom is -0.483 e.